The van der Waals surface area contributed by atoms with Crippen LogP contribution >= 0.6 is 0 Å². The molecule has 0 bridgehead atoms. The van der Waals surface area contributed by atoms with Crippen molar-refractivity contribution in [1.29, 1.82) is 0 Å². The molecule has 0 amide bonds. The Balaban J connectivity index is 2.81. The van der Waals surface area contributed by atoms with E-state index in [4.69, 9.17) is 18.0 Å². The van der Waals surface area contributed by atoms with E-state index < -0.39 is 39.3 Å². The average molecular weight is 381 g/mol. The van der Waals surface area contributed by atoms with Crippen molar-refractivity contribution in [3.8, 4) is 0 Å². The second kappa shape index (κ2) is 10.9. The molecule has 1 saturated heterocycles. The first-order valence-corrected chi connectivity index (χ1v) is 11.4. The molecule has 150 valence electrons. The molecule has 0 aromatic carbocycles. The van der Waals surface area contributed by atoms with Crippen LogP contribution < -0.4 is 0 Å². The van der Waals surface area contributed by atoms with Gasteiger partial charge in [-0.3, -0.25) is 0 Å². The largest absolute Gasteiger partial charge is 0.501 e. The minimum atomic E-state index is -2.85. The summed E-state index contributed by atoms with van der Waals surface area (Å²) < 4.78 is 23.6. The monoisotopic (exact) mass is 380 g/mol. The van der Waals surface area contributed by atoms with Crippen LogP contribution in [0.2, 0.25) is 6.04 Å². The molecule has 0 spiro atoms. The molecular weight excluding hydrogens is 344 g/mol. The molecule has 1 aliphatic rings. The van der Waals surface area contributed by atoms with E-state index >= 15 is 0 Å². The second-order valence-corrected chi connectivity index (χ2v) is 9.55. The first-order valence-electron chi connectivity index (χ1n) is 9.43. The third kappa shape index (κ3) is 6.25. The molecule has 1 rings (SSSR count). The van der Waals surface area contributed by atoms with Crippen LogP contribution in [0.3, 0.4) is 0 Å². The van der Waals surface area contributed by atoms with Gasteiger partial charge >= 0.3 is 8.80 Å². The van der Waals surface area contributed by atoms with Crippen LogP contribution in [0.1, 0.15) is 47.5 Å². The standard InChI is InChI=1S/C17H36O7Si/c1-6-9-10-25(21-7-2,22-8-3)23-11-13-14(18)15(19)16(20)17(24-13)12(4)5/h12-20H,6-11H2,1-5H3. The van der Waals surface area contributed by atoms with Crippen molar-refractivity contribution in [3.05, 3.63) is 0 Å². The van der Waals surface area contributed by atoms with Crippen molar-refractivity contribution in [2.45, 2.75) is 84.0 Å². The van der Waals surface area contributed by atoms with Crippen molar-refractivity contribution >= 4 is 8.80 Å². The summed E-state index contributed by atoms with van der Waals surface area (Å²) in [6, 6.07) is 0.701. The molecule has 25 heavy (non-hydrogen) atoms. The van der Waals surface area contributed by atoms with Crippen molar-refractivity contribution in [1.82, 2.24) is 0 Å². The maximum atomic E-state index is 10.3. The van der Waals surface area contributed by atoms with Gasteiger partial charge in [0, 0.05) is 19.3 Å². The summed E-state index contributed by atoms with van der Waals surface area (Å²) in [6.07, 6.45) is -2.96. The summed E-state index contributed by atoms with van der Waals surface area (Å²) in [6.45, 7) is 10.7. The highest BCUT2D eigenvalue weighted by Gasteiger charge is 2.47. The van der Waals surface area contributed by atoms with E-state index in [1.807, 2.05) is 27.7 Å². The average Bonchev–Trinajstić information content (AvgIpc) is 2.57. The highest BCUT2D eigenvalue weighted by atomic mass is 28.4. The molecule has 0 aromatic heterocycles. The molecule has 0 radical (unpaired) electrons. The third-order valence-corrected chi connectivity index (χ3v) is 7.47. The van der Waals surface area contributed by atoms with E-state index in [2.05, 4.69) is 6.92 Å². The van der Waals surface area contributed by atoms with E-state index in [9.17, 15) is 15.3 Å². The Kier molecular flexibility index (Phi) is 10.0. The van der Waals surface area contributed by atoms with E-state index in [1.165, 1.54) is 0 Å². The van der Waals surface area contributed by atoms with Crippen LogP contribution in [-0.4, -0.2) is 74.5 Å². The number of aliphatic hydroxyl groups is 3. The van der Waals surface area contributed by atoms with Gasteiger partial charge in [0.25, 0.3) is 0 Å². The Morgan fingerprint density at radius 1 is 0.920 bits per heavy atom. The lowest BCUT2D eigenvalue weighted by molar-refractivity contribution is -0.238. The van der Waals surface area contributed by atoms with Gasteiger partial charge in [-0.05, 0) is 26.2 Å². The molecule has 7 nitrogen and oxygen atoms in total. The van der Waals surface area contributed by atoms with Crippen LogP contribution in [0.15, 0.2) is 0 Å². The predicted octanol–water partition coefficient (Wildman–Crippen LogP) is 1.32. The van der Waals surface area contributed by atoms with Crippen molar-refractivity contribution < 1.29 is 33.3 Å². The van der Waals surface area contributed by atoms with Gasteiger partial charge in [0.1, 0.15) is 24.4 Å². The molecule has 0 saturated carbocycles. The Bertz CT molecular complexity index is 363. The van der Waals surface area contributed by atoms with Crippen LogP contribution in [0.4, 0.5) is 0 Å². The smallest absolute Gasteiger partial charge is 0.388 e. The van der Waals surface area contributed by atoms with Crippen molar-refractivity contribution in [2.24, 2.45) is 5.92 Å². The van der Waals surface area contributed by atoms with Gasteiger partial charge in [-0.1, -0.05) is 27.2 Å². The SMILES string of the molecule is CCCC[Si](OCC)(OCC)OCC1OC(C(C)C)C(O)C(O)C1O. The molecule has 5 unspecified atom stereocenters. The molecule has 1 heterocycles. The summed E-state index contributed by atoms with van der Waals surface area (Å²) in [5, 5.41) is 30.5. The zero-order chi connectivity index (χ0) is 19.0. The van der Waals surface area contributed by atoms with Crippen LogP contribution in [0.5, 0.6) is 0 Å². The topological polar surface area (TPSA) is 97.6 Å². The molecule has 1 aliphatic heterocycles. The summed E-state index contributed by atoms with van der Waals surface area (Å²) in [5.74, 6) is 0.000488. The quantitative estimate of drug-likeness (QED) is 0.465. The Morgan fingerprint density at radius 2 is 1.52 bits per heavy atom. The first kappa shape index (κ1) is 23.0. The molecular formula is C17H36O7Si. The number of rotatable bonds is 11. The summed E-state index contributed by atoms with van der Waals surface area (Å²) in [4.78, 5) is 0. The minimum Gasteiger partial charge on any atom is -0.388 e. The minimum absolute atomic E-state index is 0.000488. The van der Waals surface area contributed by atoms with Gasteiger partial charge in [0.05, 0.1) is 12.7 Å². The van der Waals surface area contributed by atoms with E-state index in [-0.39, 0.29) is 12.5 Å². The number of hydrogen-bond donors (Lipinski definition) is 3. The highest BCUT2D eigenvalue weighted by molar-refractivity contribution is 6.60. The molecule has 3 N–H and O–H groups in total. The van der Waals surface area contributed by atoms with Gasteiger partial charge in [0.2, 0.25) is 0 Å². The molecule has 1 fully saturated rings. The fourth-order valence-electron chi connectivity index (χ4n) is 3.05. The fourth-order valence-corrected chi connectivity index (χ4v) is 5.82. The first-order chi connectivity index (χ1) is 11.8. The van der Waals surface area contributed by atoms with E-state index in [0.29, 0.717) is 19.3 Å². The molecule has 5 atom stereocenters. The fraction of sp³-hybridized carbons (Fsp3) is 1.00. The van der Waals surface area contributed by atoms with Gasteiger partial charge in [-0.2, -0.15) is 0 Å². The normalized spacial score (nSPS) is 30.8. The summed E-state index contributed by atoms with van der Waals surface area (Å²) in [5.41, 5.74) is 0. The van der Waals surface area contributed by atoms with Gasteiger partial charge < -0.3 is 33.3 Å². The highest BCUT2D eigenvalue weighted by Crippen LogP contribution is 2.28. The van der Waals surface area contributed by atoms with E-state index in [0.717, 1.165) is 12.8 Å². The number of aliphatic hydroxyl groups excluding tert-OH is 3. The van der Waals surface area contributed by atoms with Crippen molar-refractivity contribution in [2.75, 3.05) is 19.8 Å². The van der Waals surface area contributed by atoms with E-state index in [1.54, 1.807) is 0 Å². The zero-order valence-corrected chi connectivity index (χ0v) is 17.2. The summed E-state index contributed by atoms with van der Waals surface area (Å²) in [7, 11) is -2.85. The predicted molar refractivity (Wildman–Crippen MR) is 96.2 cm³/mol. The lowest BCUT2D eigenvalue weighted by Gasteiger charge is -2.43. The lowest BCUT2D eigenvalue weighted by atomic mass is 9.89. The Morgan fingerprint density at radius 3 is 2.00 bits per heavy atom. The van der Waals surface area contributed by atoms with Crippen LogP contribution in [-0.2, 0) is 18.0 Å². The molecule has 0 aliphatic carbocycles. The zero-order valence-electron chi connectivity index (χ0n) is 16.2. The number of hydrogen-bond acceptors (Lipinski definition) is 7. The number of unbranched alkanes of at least 4 members (excludes halogenated alkanes) is 1. The summed E-state index contributed by atoms with van der Waals surface area (Å²) >= 11 is 0. The van der Waals surface area contributed by atoms with Crippen LogP contribution in [0.25, 0.3) is 0 Å². The third-order valence-electron chi connectivity index (χ3n) is 4.44. The lowest BCUT2D eigenvalue weighted by Crippen LogP contribution is -2.61. The molecule has 0 aromatic rings. The van der Waals surface area contributed by atoms with Gasteiger partial charge in [0.15, 0.2) is 0 Å². The Hall–Kier alpha value is -0.0631. The second-order valence-electron chi connectivity index (χ2n) is 6.82. The van der Waals surface area contributed by atoms with Crippen molar-refractivity contribution in [3.63, 3.8) is 0 Å². The maximum absolute atomic E-state index is 10.3. The van der Waals surface area contributed by atoms with Gasteiger partial charge in [-0.25, -0.2) is 0 Å². The van der Waals surface area contributed by atoms with Gasteiger partial charge in [-0.15, -0.1) is 0 Å². The molecule has 8 heteroatoms. The Labute approximate surface area is 152 Å². The maximum Gasteiger partial charge on any atom is 0.501 e. The number of ether oxygens (including phenoxy) is 1. The van der Waals surface area contributed by atoms with Crippen LogP contribution in [0, 0.1) is 5.92 Å².